The van der Waals surface area contributed by atoms with Gasteiger partial charge in [-0.2, -0.15) is 0 Å². The van der Waals surface area contributed by atoms with Gasteiger partial charge in [-0.15, -0.1) is 0 Å². The van der Waals surface area contributed by atoms with E-state index in [9.17, 15) is 0 Å². The Hall–Kier alpha value is -0.120. The summed E-state index contributed by atoms with van der Waals surface area (Å²) in [6.45, 7) is 17.0. The Morgan fingerprint density at radius 3 is 2.06 bits per heavy atom. The minimum atomic E-state index is 0.246. The van der Waals surface area contributed by atoms with Gasteiger partial charge in [-0.25, -0.2) is 0 Å². The molecule has 1 fully saturated rings. The van der Waals surface area contributed by atoms with Gasteiger partial charge in [0.1, 0.15) is 0 Å². The van der Waals surface area contributed by atoms with E-state index in [1.165, 1.54) is 32.5 Å². The Labute approximate surface area is 114 Å². The smallest absolute Gasteiger partial charge is 0.0358 e. The quantitative estimate of drug-likeness (QED) is 0.789. The molecule has 1 saturated heterocycles. The third-order valence-electron chi connectivity index (χ3n) is 4.36. The SMILES string of the molecule is CCN(C(C)C)C1(CN)CCN(CC(C)C)CC1. The summed E-state index contributed by atoms with van der Waals surface area (Å²) in [7, 11) is 0. The number of nitrogens with zero attached hydrogens (tertiary/aromatic N) is 2. The van der Waals surface area contributed by atoms with Crippen molar-refractivity contribution in [3.8, 4) is 0 Å². The van der Waals surface area contributed by atoms with Crippen LogP contribution >= 0.6 is 0 Å². The number of likely N-dealkylation sites (N-methyl/N-ethyl adjacent to an activating group) is 1. The molecular formula is C15H33N3. The van der Waals surface area contributed by atoms with Crippen molar-refractivity contribution in [2.45, 2.75) is 59.0 Å². The summed E-state index contributed by atoms with van der Waals surface area (Å²) in [5.41, 5.74) is 6.39. The molecule has 1 aliphatic heterocycles. The second-order valence-corrected chi connectivity index (χ2v) is 6.50. The fourth-order valence-electron chi connectivity index (χ4n) is 3.53. The molecule has 0 aliphatic carbocycles. The number of piperidine rings is 1. The molecule has 1 rings (SSSR count). The first-order valence-corrected chi connectivity index (χ1v) is 7.64. The summed E-state index contributed by atoms with van der Waals surface area (Å²) >= 11 is 0. The van der Waals surface area contributed by atoms with Crippen molar-refractivity contribution in [1.82, 2.24) is 9.80 Å². The molecule has 108 valence electrons. The first kappa shape index (κ1) is 15.9. The fraction of sp³-hybridized carbons (Fsp3) is 1.00. The van der Waals surface area contributed by atoms with Crippen LogP contribution in [0.1, 0.15) is 47.5 Å². The molecule has 0 spiro atoms. The Kier molecular flexibility index (Phi) is 6.09. The van der Waals surface area contributed by atoms with Gasteiger partial charge in [-0.05, 0) is 52.2 Å². The predicted octanol–water partition coefficient (Wildman–Crippen LogP) is 2.17. The number of nitrogens with two attached hydrogens (primary N) is 1. The van der Waals surface area contributed by atoms with E-state index in [2.05, 4.69) is 44.4 Å². The first-order valence-electron chi connectivity index (χ1n) is 7.64. The molecule has 0 aromatic carbocycles. The Bertz CT molecular complexity index is 230. The summed E-state index contributed by atoms with van der Waals surface area (Å²) in [6, 6.07) is 0.593. The van der Waals surface area contributed by atoms with Gasteiger partial charge in [0.15, 0.2) is 0 Å². The number of likely N-dealkylation sites (tertiary alicyclic amines) is 1. The molecule has 18 heavy (non-hydrogen) atoms. The van der Waals surface area contributed by atoms with Crippen molar-refractivity contribution < 1.29 is 0 Å². The lowest BCUT2D eigenvalue weighted by atomic mass is 9.84. The fourth-order valence-corrected chi connectivity index (χ4v) is 3.53. The largest absolute Gasteiger partial charge is 0.329 e. The number of hydrogen-bond donors (Lipinski definition) is 1. The Morgan fingerprint density at radius 1 is 1.17 bits per heavy atom. The number of hydrogen-bond acceptors (Lipinski definition) is 3. The molecule has 3 nitrogen and oxygen atoms in total. The van der Waals surface area contributed by atoms with Crippen LogP contribution in [0.5, 0.6) is 0 Å². The Balaban J connectivity index is 2.64. The van der Waals surface area contributed by atoms with E-state index in [0.717, 1.165) is 19.0 Å². The van der Waals surface area contributed by atoms with Crippen molar-refractivity contribution >= 4 is 0 Å². The van der Waals surface area contributed by atoms with Crippen LogP contribution in [0, 0.1) is 5.92 Å². The van der Waals surface area contributed by atoms with Gasteiger partial charge in [0.25, 0.3) is 0 Å². The first-order chi connectivity index (χ1) is 8.45. The van der Waals surface area contributed by atoms with E-state index in [-0.39, 0.29) is 5.54 Å². The molecular weight excluding hydrogens is 222 g/mol. The zero-order valence-electron chi connectivity index (χ0n) is 13.1. The van der Waals surface area contributed by atoms with Gasteiger partial charge < -0.3 is 10.6 Å². The van der Waals surface area contributed by atoms with Crippen molar-refractivity contribution in [1.29, 1.82) is 0 Å². The van der Waals surface area contributed by atoms with E-state index in [0.29, 0.717) is 6.04 Å². The third-order valence-corrected chi connectivity index (χ3v) is 4.36. The highest BCUT2D eigenvalue weighted by molar-refractivity contribution is 4.97. The minimum Gasteiger partial charge on any atom is -0.329 e. The lowest BCUT2D eigenvalue weighted by molar-refractivity contribution is 0.00709. The molecule has 3 heteroatoms. The predicted molar refractivity (Wildman–Crippen MR) is 79.8 cm³/mol. The molecule has 0 radical (unpaired) electrons. The van der Waals surface area contributed by atoms with Crippen molar-refractivity contribution in [3.05, 3.63) is 0 Å². The molecule has 0 aromatic rings. The number of rotatable bonds is 6. The minimum absolute atomic E-state index is 0.246. The highest BCUT2D eigenvalue weighted by atomic mass is 15.3. The summed E-state index contributed by atoms with van der Waals surface area (Å²) in [5, 5.41) is 0. The van der Waals surface area contributed by atoms with E-state index in [1.54, 1.807) is 0 Å². The van der Waals surface area contributed by atoms with Crippen molar-refractivity contribution in [3.63, 3.8) is 0 Å². The van der Waals surface area contributed by atoms with Crippen LogP contribution in [0.3, 0.4) is 0 Å². The average molecular weight is 255 g/mol. The maximum absolute atomic E-state index is 6.14. The van der Waals surface area contributed by atoms with Crippen LogP contribution in [0.2, 0.25) is 0 Å². The van der Waals surface area contributed by atoms with Crippen LogP contribution < -0.4 is 5.73 Å². The second kappa shape index (κ2) is 6.88. The van der Waals surface area contributed by atoms with Gasteiger partial charge in [-0.3, -0.25) is 4.90 Å². The molecule has 0 unspecified atom stereocenters. The lowest BCUT2D eigenvalue weighted by Gasteiger charge is -2.50. The highest BCUT2D eigenvalue weighted by Crippen LogP contribution is 2.30. The maximum Gasteiger partial charge on any atom is 0.0358 e. The summed E-state index contributed by atoms with van der Waals surface area (Å²) in [6.07, 6.45) is 2.45. The highest BCUT2D eigenvalue weighted by Gasteiger charge is 2.39. The second-order valence-electron chi connectivity index (χ2n) is 6.50. The van der Waals surface area contributed by atoms with E-state index in [4.69, 9.17) is 5.73 Å². The molecule has 0 bridgehead atoms. The van der Waals surface area contributed by atoms with Gasteiger partial charge in [0.2, 0.25) is 0 Å². The van der Waals surface area contributed by atoms with Gasteiger partial charge in [0.05, 0.1) is 0 Å². The maximum atomic E-state index is 6.14. The topological polar surface area (TPSA) is 32.5 Å². The normalized spacial score (nSPS) is 21.2. The molecule has 0 amide bonds. The standard InChI is InChI=1S/C15H33N3/c1-6-18(14(4)5)15(12-16)7-9-17(10-8-15)11-13(2)3/h13-14H,6-12,16H2,1-5H3. The lowest BCUT2D eigenvalue weighted by Crippen LogP contribution is -2.61. The third kappa shape index (κ3) is 3.69. The van der Waals surface area contributed by atoms with Gasteiger partial charge in [0, 0.05) is 24.7 Å². The summed E-state index contributed by atoms with van der Waals surface area (Å²) in [4.78, 5) is 5.21. The van der Waals surface area contributed by atoms with Gasteiger partial charge in [-0.1, -0.05) is 20.8 Å². The molecule has 0 saturated carbocycles. The molecule has 0 atom stereocenters. The molecule has 0 aromatic heterocycles. The van der Waals surface area contributed by atoms with Gasteiger partial charge >= 0.3 is 0 Å². The van der Waals surface area contributed by atoms with Crippen LogP contribution in [0.4, 0.5) is 0 Å². The van der Waals surface area contributed by atoms with Crippen molar-refractivity contribution in [2.24, 2.45) is 11.7 Å². The Morgan fingerprint density at radius 2 is 1.72 bits per heavy atom. The molecule has 1 aliphatic rings. The van der Waals surface area contributed by atoms with Crippen LogP contribution in [0.25, 0.3) is 0 Å². The average Bonchev–Trinajstić information content (AvgIpc) is 2.31. The summed E-state index contributed by atoms with van der Waals surface area (Å²) < 4.78 is 0. The van der Waals surface area contributed by atoms with Crippen molar-refractivity contribution in [2.75, 3.05) is 32.7 Å². The van der Waals surface area contributed by atoms with E-state index >= 15 is 0 Å². The van der Waals surface area contributed by atoms with Crippen LogP contribution in [0.15, 0.2) is 0 Å². The zero-order valence-corrected chi connectivity index (χ0v) is 13.1. The summed E-state index contributed by atoms with van der Waals surface area (Å²) in [5.74, 6) is 0.766. The zero-order chi connectivity index (χ0) is 13.8. The monoisotopic (exact) mass is 255 g/mol. The van der Waals surface area contributed by atoms with Crippen LogP contribution in [-0.2, 0) is 0 Å². The molecule has 2 N–H and O–H groups in total. The molecule has 1 heterocycles. The van der Waals surface area contributed by atoms with E-state index < -0.39 is 0 Å². The van der Waals surface area contributed by atoms with E-state index in [1.807, 2.05) is 0 Å². The van der Waals surface area contributed by atoms with Crippen LogP contribution in [-0.4, -0.2) is 54.1 Å².